The quantitative estimate of drug-likeness (QED) is 0.596. The van der Waals surface area contributed by atoms with Crippen molar-refractivity contribution >= 4 is 0 Å². The van der Waals surface area contributed by atoms with Crippen LogP contribution in [-0.2, 0) is 6.54 Å². The van der Waals surface area contributed by atoms with Gasteiger partial charge >= 0.3 is 0 Å². The summed E-state index contributed by atoms with van der Waals surface area (Å²) in [4.78, 5) is 1.38. The van der Waals surface area contributed by atoms with E-state index in [0.29, 0.717) is 12.4 Å². The first-order valence-corrected chi connectivity index (χ1v) is 3.11. The largest absolute Gasteiger partial charge is 0.391 e. The summed E-state index contributed by atoms with van der Waals surface area (Å²) in [5.74, 6) is 0.626. The van der Waals surface area contributed by atoms with Crippen LogP contribution in [0.25, 0.3) is 0 Å². The Balaban J connectivity index is 2.58. The lowest BCUT2D eigenvalue weighted by molar-refractivity contribution is 0.161. The molecule has 0 spiro atoms. The van der Waals surface area contributed by atoms with Gasteiger partial charge in [-0.1, -0.05) is 0 Å². The van der Waals surface area contributed by atoms with Gasteiger partial charge in [-0.3, -0.25) is 0 Å². The van der Waals surface area contributed by atoms with Crippen LogP contribution in [0.5, 0.6) is 0 Å². The summed E-state index contributed by atoms with van der Waals surface area (Å²) in [7, 11) is 0. The van der Waals surface area contributed by atoms with Gasteiger partial charge in [0.2, 0.25) is 0 Å². The molecule has 1 unspecified atom stereocenters. The highest BCUT2D eigenvalue weighted by molar-refractivity contribution is 4.66. The van der Waals surface area contributed by atoms with Crippen molar-refractivity contribution in [1.29, 1.82) is 0 Å². The lowest BCUT2D eigenvalue weighted by Gasteiger charge is -1.99. The van der Waals surface area contributed by atoms with Gasteiger partial charge in [-0.15, -0.1) is 10.2 Å². The van der Waals surface area contributed by atoms with Gasteiger partial charge in [0.25, 0.3) is 0 Å². The summed E-state index contributed by atoms with van der Waals surface area (Å²) in [5, 5.41) is 20.1. The number of aliphatic hydroxyl groups excluding tert-OH is 1. The van der Waals surface area contributed by atoms with Crippen molar-refractivity contribution in [1.82, 2.24) is 20.2 Å². The zero-order valence-corrected chi connectivity index (χ0v) is 6.02. The second kappa shape index (κ2) is 2.74. The molecule has 5 nitrogen and oxygen atoms in total. The van der Waals surface area contributed by atoms with Crippen LogP contribution in [0, 0.1) is 6.92 Å². The molecule has 1 aromatic heterocycles. The monoisotopic (exact) mass is 142 g/mol. The van der Waals surface area contributed by atoms with Crippen molar-refractivity contribution in [2.45, 2.75) is 26.5 Å². The maximum absolute atomic E-state index is 8.89. The van der Waals surface area contributed by atoms with E-state index >= 15 is 0 Å². The summed E-state index contributed by atoms with van der Waals surface area (Å²) in [6.07, 6.45) is -0.423. The molecular formula is C5H10N4O. The third-order valence-electron chi connectivity index (χ3n) is 0.980. The average Bonchev–Trinajstić information content (AvgIpc) is 2.13. The molecule has 5 heteroatoms. The van der Waals surface area contributed by atoms with E-state index in [4.69, 9.17) is 5.11 Å². The number of rotatable bonds is 2. The lowest BCUT2D eigenvalue weighted by atomic mass is 10.4. The molecule has 0 aliphatic carbocycles. The normalized spacial score (nSPS) is 13.5. The molecule has 0 amide bonds. The molecule has 1 atom stereocenters. The van der Waals surface area contributed by atoms with Gasteiger partial charge in [0.1, 0.15) is 0 Å². The van der Waals surface area contributed by atoms with E-state index < -0.39 is 6.10 Å². The first-order valence-electron chi connectivity index (χ1n) is 3.11. The molecule has 1 heterocycles. The van der Waals surface area contributed by atoms with E-state index in [1.54, 1.807) is 13.8 Å². The Labute approximate surface area is 58.7 Å². The van der Waals surface area contributed by atoms with Gasteiger partial charge < -0.3 is 5.11 Å². The van der Waals surface area contributed by atoms with Crippen LogP contribution in [-0.4, -0.2) is 31.4 Å². The zero-order chi connectivity index (χ0) is 7.56. The van der Waals surface area contributed by atoms with Crippen LogP contribution in [0.1, 0.15) is 12.7 Å². The second-order valence-electron chi connectivity index (χ2n) is 2.24. The topological polar surface area (TPSA) is 63.8 Å². The zero-order valence-electron chi connectivity index (χ0n) is 6.02. The number of hydrogen-bond donors (Lipinski definition) is 1. The Bertz CT molecular complexity index is 207. The summed E-state index contributed by atoms with van der Waals surface area (Å²) in [6, 6.07) is 0. The summed E-state index contributed by atoms with van der Waals surface area (Å²) < 4.78 is 0. The fraction of sp³-hybridized carbons (Fsp3) is 0.800. The number of aryl methyl sites for hydroxylation is 1. The third-order valence-corrected chi connectivity index (χ3v) is 0.980. The number of hydrogen-bond acceptors (Lipinski definition) is 4. The van der Waals surface area contributed by atoms with Crippen molar-refractivity contribution < 1.29 is 5.11 Å². The van der Waals surface area contributed by atoms with Crippen molar-refractivity contribution in [2.24, 2.45) is 0 Å². The van der Waals surface area contributed by atoms with Crippen LogP contribution in [0.4, 0.5) is 0 Å². The van der Waals surface area contributed by atoms with Crippen molar-refractivity contribution in [2.75, 3.05) is 0 Å². The van der Waals surface area contributed by atoms with Gasteiger partial charge in [-0.2, -0.15) is 4.80 Å². The number of aliphatic hydroxyl groups is 1. The molecule has 0 bridgehead atoms. The molecule has 0 saturated carbocycles. The van der Waals surface area contributed by atoms with E-state index in [-0.39, 0.29) is 0 Å². The Kier molecular flexibility index (Phi) is 1.96. The van der Waals surface area contributed by atoms with E-state index in [1.807, 2.05) is 0 Å². The number of tetrazole rings is 1. The van der Waals surface area contributed by atoms with Crippen LogP contribution in [0.2, 0.25) is 0 Å². The van der Waals surface area contributed by atoms with Crippen LogP contribution < -0.4 is 0 Å². The molecule has 0 saturated heterocycles. The molecule has 10 heavy (non-hydrogen) atoms. The molecule has 1 rings (SSSR count). The Hall–Kier alpha value is -0.970. The number of nitrogens with zero attached hydrogens (tertiary/aromatic N) is 4. The predicted molar refractivity (Wildman–Crippen MR) is 34.2 cm³/mol. The van der Waals surface area contributed by atoms with E-state index in [0.717, 1.165) is 0 Å². The smallest absolute Gasteiger partial charge is 0.171 e. The standard InChI is InChI=1S/C5H10N4O/c1-4(10)3-9-7-5(2)6-8-9/h4,10H,3H2,1-2H3. The predicted octanol–water partition coefficient (Wildman–Crippen LogP) is -0.638. The van der Waals surface area contributed by atoms with Gasteiger partial charge in [0.15, 0.2) is 5.82 Å². The van der Waals surface area contributed by atoms with Crippen molar-refractivity contribution in [3.63, 3.8) is 0 Å². The first-order chi connectivity index (χ1) is 4.68. The maximum Gasteiger partial charge on any atom is 0.171 e. The first kappa shape index (κ1) is 7.14. The minimum absolute atomic E-state index is 0.404. The summed E-state index contributed by atoms with van der Waals surface area (Å²) >= 11 is 0. The molecule has 0 aromatic carbocycles. The third kappa shape index (κ3) is 1.77. The molecule has 1 aromatic rings. The van der Waals surface area contributed by atoms with Gasteiger partial charge in [-0.05, 0) is 19.1 Å². The fourth-order valence-corrected chi connectivity index (χ4v) is 0.637. The fourth-order valence-electron chi connectivity index (χ4n) is 0.637. The lowest BCUT2D eigenvalue weighted by Crippen LogP contribution is -2.14. The number of aromatic nitrogens is 4. The molecule has 56 valence electrons. The molecular weight excluding hydrogens is 132 g/mol. The minimum atomic E-state index is -0.423. The summed E-state index contributed by atoms with van der Waals surface area (Å²) in [6.45, 7) is 3.84. The van der Waals surface area contributed by atoms with E-state index in [9.17, 15) is 0 Å². The maximum atomic E-state index is 8.89. The Morgan fingerprint density at radius 3 is 2.80 bits per heavy atom. The second-order valence-corrected chi connectivity index (χ2v) is 2.24. The molecule has 0 aliphatic heterocycles. The molecule has 0 aliphatic rings. The average molecular weight is 142 g/mol. The van der Waals surface area contributed by atoms with Gasteiger partial charge in [-0.25, -0.2) is 0 Å². The van der Waals surface area contributed by atoms with Crippen molar-refractivity contribution in [3.05, 3.63) is 5.82 Å². The summed E-state index contributed by atoms with van der Waals surface area (Å²) in [5.41, 5.74) is 0. The molecule has 0 fully saturated rings. The van der Waals surface area contributed by atoms with Crippen molar-refractivity contribution in [3.8, 4) is 0 Å². The van der Waals surface area contributed by atoms with Crippen LogP contribution >= 0.6 is 0 Å². The molecule has 1 N–H and O–H groups in total. The van der Waals surface area contributed by atoms with Gasteiger partial charge in [0, 0.05) is 0 Å². The highest BCUT2D eigenvalue weighted by Crippen LogP contribution is 1.86. The molecule has 0 radical (unpaired) electrons. The minimum Gasteiger partial charge on any atom is -0.391 e. The Morgan fingerprint density at radius 1 is 1.70 bits per heavy atom. The van der Waals surface area contributed by atoms with Gasteiger partial charge in [0.05, 0.1) is 12.6 Å². The Morgan fingerprint density at radius 2 is 2.40 bits per heavy atom. The van der Waals surface area contributed by atoms with E-state index in [1.165, 1.54) is 4.80 Å². The van der Waals surface area contributed by atoms with Crippen LogP contribution in [0.15, 0.2) is 0 Å². The van der Waals surface area contributed by atoms with Crippen LogP contribution in [0.3, 0.4) is 0 Å². The highest BCUT2D eigenvalue weighted by atomic mass is 16.3. The van der Waals surface area contributed by atoms with E-state index in [2.05, 4.69) is 15.4 Å². The SMILES string of the molecule is Cc1nnn(CC(C)O)n1. The highest BCUT2D eigenvalue weighted by Gasteiger charge is 2.00.